The molecule has 0 unspecified atom stereocenters. The molecule has 0 aliphatic heterocycles. The Kier molecular flexibility index (Phi) is 4.04. The van der Waals surface area contributed by atoms with E-state index >= 15 is 0 Å². The summed E-state index contributed by atoms with van der Waals surface area (Å²) in [4.78, 5) is 4.67. The van der Waals surface area contributed by atoms with Crippen molar-refractivity contribution in [3.63, 3.8) is 0 Å². The number of thiophene rings is 1. The maximum absolute atomic E-state index is 13.5. The number of halogens is 4. The van der Waals surface area contributed by atoms with Crippen molar-refractivity contribution in [3.05, 3.63) is 45.9 Å². The summed E-state index contributed by atoms with van der Waals surface area (Å²) >= 11 is 1.50. The van der Waals surface area contributed by atoms with Gasteiger partial charge in [0.15, 0.2) is 0 Å². The van der Waals surface area contributed by atoms with E-state index in [1.807, 2.05) is 17.5 Å². The van der Waals surface area contributed by atoms with E-state index < -0.39 is 29.2 Å². The van der Waals surface area contributed by atoms with Crippen molar-refractivity contribution in [1.29, 1.82) is 0 Å². The molecule has 7 heteroatoms. The van der Waals surface area contributed by atoms with E-state index in [-0.39, 0.29) is 6.54 Å². The van der Waals surface area contributed by atoms with Crippen LogP contribution in [0.4, 0.5) is 23.2 Å². The second-order valence-corrected chi connectivity index (χ2v) is 4.95. The molecule has 0 saturated heterocycles. The lowest BCUT2D eigenvalue weighted by atomic mass is 10.3. The summed E-state index contributed by atoms with van der Waals surface area (Å²) in [5, 5.41) is 1.88. The molecule has 0 aromatic carbocycles. The van der Waals surface area contributed by atoms with Crippen molar-refractivity contribution in [2.45, 2.75) is 6.42 Å². The second kappa shape index (κ2) is 5.56. The number of rotatable bonds is 4. The number of likely N-dealkylation sites (N-methyl/N-ethyl adjacent to an activating group) is 1. The van der Waals surface area contributed by atoms with Gasteiger partial charge in [-0.1, -0.05) is 6.07 Å². The van der Waals surface area contributed by atoms with Gasteiger partial charge in [0.2, 0.25) is 11.6 Å². The molecular formula is C12H10F4N2S. The van der Waals surface area contributed by atoms with Crippen LogP contribution in [0.15, 0.2) is 17.5 Å². The van der Waals surface area contributed by atoms with Gasteiger partial charge in [0, 0.05) is 18.5 Å². The molecule has 0 aliphatic carbocycles. The molecule has 2 heterocycles. The summed E-state index contributed by atoms with van der Waals surface area (Å²) in [6, 6.07) is 3.73. The van der Waals surface area contributed by atoms with Crippen molar-refractivity contribution < 1.29 is 17.6 Å². The number of anilines is 1. The first kappa shape index (κ1) is 13.8. The number of hydrogen-bond acceptors (Lipinski definition) is 3. The van der Waals surface area contributed by atoms with Crippen LogP contribution >= 0.6 is 11.3 Å². The van der Waals surface area contributed by atoms with Crippen molar-refractivity contribution in [2.75, 3.05) is 18.5 Å². The maximum atomic E-state index is 13.5. The zero-order chi connectivity index (χ0) is 14.0. The minimum absolute atomic E-state index is 0.233. The van der Waals surface area contributed by atoms with Crippen molar-refractivity contribution in [3.8, 4) is 0 Å². The summed E-state index contributed by atoms with van der Waals surface area (Å²) in [6.07, 6.45) is 0.526. The molecule has 0 aliphatic rings. The van der Waals surface area contributed by atoms with Gasteiger partial charge in [-0.15, -0.1) is 11.3 Å². The van der Waals surface area contributed by atoms with E-state index in [9.17, 15) is 17.6 Å². The normalized spacial score (nSPS) is 10.8. The van der Waals surface area contributed by atoms with E-state index in [0.29, 0.717) is 6.42 Å². The third-order valence-electron chi connectivity index (χ3n) is 2.63. The van der Waals surface area contributed by atoms with Crippen LogP contribution < -0.4 is 4.90 Å². The summed E-state index contributed by atoms with van der Waals surface area (Å²) < 4.78 is 52.9. The fourth-order valence-corrected chi connectivity index (χ4v) is 2.35. The highest BCUT2D eigenvalue weighted by atomic mass is 32.1. The van der Waals surface area contributed by atoms with Gasteiger partial charge in [0.05, 0.1) is 0 Å². The predicted molar refractivity (Wildman–Crippen MR) is 65.4 cm³/mol. The van der Waals surface area contributed by atoms with Gasteiger partial charge in [-0.25, -0.2) is 0 Å². The Bertz CT molecular complexity index is 545. The quantitative estimate of drug-likeness (QED) is 0.634. The zero-order valence-corrected chi connectivity index (χ0v) is 10.8. The average molecular weight is 290 g/mol. The average Bonchev–Trinajstić information content (AvgIpc) is 2.87. The Labute approximate surface area is 111 Å². The zero-order valence-electron chi connectivity index (χ0n) is 9.96. The molecule has 0 fully saturated rings. The Balaban J connectivity index is 2.21. The van der Waals surface area contributed by atoms with Gasteiger partial charge >= 0.3 is 0 Å². The summed E-state index contributed by atoms with van der Waals surface area (Å²) in [7, 11) is 1.37. The fraction of sp³-hybridized carbons (Fsp3) is 0.250. The predicted octanol–water partition coefficient (Wildman–Crippen LogP) is 3.38. The molecule has 0 spiro atoms. The van der Waals surface area contributed by atoms with E-state index in [4.69, 9.17) is 0 Å². The highest BCUT2D eigenvalue weighted by molar-refractivity contribution is 7.09. The van der Waals surface area contributed by atoms with Crippen LogP contribution in [0, 0.1) is 23.5 Å². The Morgan fingerprint density at radius 1 is 1.16 bits per heavy atom. The summed E-state index contributed by atoms with van der Waals surface area (Å²) in [5.74, 6) is -6.24. The van der Waals surface area contributed by atoms with Gasteiger partial charge in [0.1, 0.15) is 5.69 Å². The minimum atomic E-state index is -1.64. The van der Waals surface area contributed by atoms with Crippen LogP contribution in [0.5, 0.6) is 0 Å². The maximum Gasteiger partial charge on any atom is 0.253 e. The number of hydrogen-bond donors (Lipinski definition) is 0. The Morgan fingerprint density at radius 3 is 2.32 bits per heavy atom. The molecule has 0 atom stereocenters. The van der Waals surface area contributed by atoms with Gasteiger partial charge < -0.3 is 4.90 Å². The second-order valence-electron chi connectivity index (χ2n) is 3.92. The number of pyridine rings is 1. The number of aromatic nitrogens is 1. The molecule has 102 valence electrons. The van der Waals surface area contributed by atoms with Crippen molar-refractivity contribution in [2.24, 2.45) is 0 Å². The van der Waals surface area contributed by atoms with Crippen molar-refractivity contribution in [1.82, 2.24) is 4.98 Å². The molecule has 0 amide bonds. The monoisotopic (exact) mass is 290 g/mol. The van der Waals surface area contributed by atoms with Crippen LogP contribution in [-0.2, 0) is 6.42 Å². The van der Waals surface area contributed by atoms with Gasteiger partial charge in [-0.2, -0.15) is 22.5 Å². The van der Waals surface area contributed by atoms with Gasteiger partial charge in [-0.3, -0.25) is 0 Å². The topological polar surface area (TPSA) is 16.1 Å². The lowest BCUT2D eigenvalue weighted by Crippen LogP contribution is -2.24. The smallest absolute Gasteiger partial charge is 0.253 e. The third-order valence-corrected chi connectivity index (χ3v) is 3.57. The first-order chi connectivity index (χ1) is 9.00. The van der Waals surface area contributed by atoms with Crippen LogP contribution in [0.2, 0.25) is 0 Å². The Morgan fingerprint density at radius 2 is 1.79 bits per heavy atom. The van der Waals surface area contributed by atoms with Crippen LogP contribution in [0.1, 0.15) is 4.88 Å². The van der Waals surface area contributed by atoms with Crippen LogP contribution in [0.25, 0.3) is 0 Å². The lowest BCUT2D eigenvalue weighted by molar-refractivity contribution is 0.407. The largest absolute Gasteiger partial charge is 0.369 e. The highest BCUT2D eigenvalue weighted by Gasteiger charge is 2.23. The molecule has 2 nitrogen and oxygen atoms in total. The van der Waals surface area contributed by atoms with Crippen molar-refractivity contribution >= 4 is 17.0 Å². The molecule has 0 saturated carbocycles. The van der Waals surface area contributed by atoms with E-state index in [2.05, 4.69) is 4.98 Å². The lowest BCUT2D eigenvalue weighted by Gasteiger charge is -2.20. The van der Waals surface area contributed by atoms with Gasteiger partial charge in [-0.05, 0) is 17.9 Å². The molecule has 2 aromatic heterocycles. The highest BCUT2D eigenvalue weighted by Crippen LogP contribution is 2.25. The number of nitrogens with zero attached hydrogens (tertiary/aromatic N) is 2. The molecular weight excluding hydrogens is 280 g/mol. The SMILES string of the molecule is CN(CCc1cccs1)c1c(F)c(F)nc(F)c1F. The van der Waals surface area contributed by atoms with Crippen LogP contribution in [-0.4, -0.2) is 18.6 Å². The molecule has 19 heavy (non-hydrogen) atoms. The summed E-state index contributed by atoms with van der Waals surface area (Å²) in [5.41, 5.74) is -0.735. The Hall–Kier alpha value is -1.63. The molecule has 0 bridgehead atoms. The van der Waals surface area contributed by atoms with E-state index in [1.165, 1.54) is 18.4 Å². The standard InChI is InChI=1S/C12H10F4N2S/c1-18(5-4-7-3-2-6-19-7)10-8(13)11(15)17-12(16)9(10)14/h2-3,6H,4-5H2,1H3. The molecule has 2 aromatic rings. The first-order valence-corrected chi connectivity index (χ1v) is 6.32. The minimum Gasteiger partial charge on any atom is -0.369 e. The molecule has 0 N–H and O–H groups in total. The fourth-order valence-electron chi connectivity index (χ4n) is 1.66. The third kappa shape index (κ3) is 2.86. The van der Waals surface area contributed by atoms with E-state index in [0.717, 1.165) is 9.78 Å². The summed E-state index contributed by atoms with van der Waals surface area (Å²) in [6.45, 7) is 0.233. The first-order valence-electron chi connectivity index (χ1n) is 5.44. The van der Waals surface area contributed by atoms with E-state index in [1.54, 1.807) is 0 Å². The molecule has 0 radical (unpaired) electrons. The van der Waals surface area contributed by atoms with Gasteiger partial charge in [0.25, 0.3) is 11.9 Å². The molecule has 2 rings (SSSR count). The van der Waals surface area contributed by atoms with Crippen LogP contribution in [0.3, 0.4) is 0 Å².